The van der Waals surface area contributed by atoms with Gasteiger partial charge in [-0.1, -0.05) is 38.3 Å². The van der Waals surface area contributed by atoms with Crippen LogP contribution in [0.2, 0.25) is 0 Å². The number of carbonyl (C=O) groups excluding carboxylic acids is 1. The predicted molar refractivity (Wildman–Crippen MR) is 84.0 cm³/mol. The molecular weight excluding hydrogens is 302 g/mol. The van der Waals surface area contributed by atoms with E-state index in [-0.39, 0.29) is 11.4 Å². The van der Waals surface area contributed by atoms with Gasteiger partial charge in [-0.15, -0.1) is 0 Å². The van der Waals surface area contributed by atoms with Gasteiger partial charge in [-0.3, -0.25) is 4.79 Å². The fraction of sp³-hybridized carbons (Fsp3) is 0.562. The first-order valence-electron chi connectivity index (χ1n) is 7.69. The highest BCUT2D eigenvalue weighted by molar-refractivity contribution is 7.89. The molecule has 1 aliphatic heterocycles. The largest absolute Gasteiger partial charge is 0.468 e. The van der Waals surface area contributed by atoms with E-state index in [4.69, 9.17) is 0 Å². The summed E-state index contributed by atoms with van der Waals surface area (Å²) in [5, 5.41) is 0. The topological polar surface area (TPSA) is 63.5 Å². The van der Waals surface area contributed by atoms with Gasteiger partial charge in [0.15, 0.2) is 0 Å². The molecule has 0 bridgehead atoms. The van der Waals surface area contributed by atoms with E-state index in [1.54, 1.807) is 12.1 Å². The number of methoxy groups -OCH3 is 1. The van der Waals surface area contributed by atoms with Crippen LogP contribution >= 0.6 is 0 Å². The van der Waals surface area contributed by atoms with Crippen LogP contribution < -0.4 is 0 Å². The van der Waals surface area contributed by atoms with Crippen molar-refractivity contribution in [2.24, 2.45) is 0 Å². The number of hydrogen-bond donors (Lipinski definition) is 0. The molecular formula is C16H23NO4S. The van der Waals surface area contributed by atoms with Gasteiger partial charge < -0.3 is 4.74 Å². The molecule has 0 spiro atoms. The van der Waals surface area contributed by atoms with Crippen molar-refractivity contribution in [1.82, 2.24) is 4.31 Å². The number of benzene rings is 1. The van der Waals surface area contributed by atoms with Crippen LogP contribution in [0.15, 0.2) is 29.2 Å². The Morgan fingerprint density at radius 2 is 1.91 bits per heavy atom. The third kappa shape index (κ3) is 3.87. The van der Waals surface area contributed by atoms with E-state index in [0.29, 0.717) is 0 Å². The quantitative estimate of drug-likeness (QED) is 0.418. The number of hydrogen-bond acceptors (Lipinski definition) is 4. The van der Waals surface area contributed by atoms with Crippen molar-refractivity contribution >= 4 is 16.0 Å². The predicted octanol–water partition coefficient (Wildman–Crippen LogP) is 2.36. The zero-order valence-corrected chi connectivity index (χ0v) is 13.9. The third-order valence-corrected chi connectivity index (χ3v) is 5.78. The van der Waals surface area contributed by atoms with Crippen molar-refractivity contribution in [3.8, 4) is 0 Å². The molecule has 1 aliphatic rings. The van der Waals surface area contributed by atoms with E-state index < -0.39 is 22.0 Å². The summed E-state index contributed by atoms with van der Waals surface area (Å²) in [6.45, 7) is 2.38. The summed E-state index contributed by atoms with van der Waals surface area (Å²) in [5.74, 6) is -0.504. The maximum Gasteiger partial charge on any atom is 0.325 e. The SMILES string of the molecule is CCCCCCc1ccc(S(=O)(=O)N2CC2C(=O)OC)cc1. The minimum absolute atomic E-state index is 0.202. The van der Waals surface area contributed by atoms with Gasteiger partial charge in [0.2, 0.25) is 10.0 Å². The van der Waals surface area contributed by atoms with E-state index in [2.05, 4.69) is 11.7 Å². The summed E-state index contributed by atoms with van der Waals surface area (Å²) in [5.41, 5.74) is 1.14. The molecule has 22 heavy (non-hydrogen) atoms. The van der Waals surface area contributed by atoms with Crippen LogP contribution in [0.5, 0.6) is 0 Å². The number of unbranched alkanes of at least 4 members (excludes halogenated alkanes) is 3. The molecule has 2 unspecified atom stereocenters. The number of ether oxygens (including phenoxy) is 1. The number of rotatable bonds is 8. The highest BCUT2D eigenvalue weighted by Crippen LogP contribution is 2.29. The number of nitrogens with zero attached hydrogens (tertiary/aromatic N) is 1. The molecule has 2 rings (SSSR count). The first-order chi connectivity index (χ1) is 10.5. The number of aryl methyl sites for hydroxylation is 1. The van der Waals surface area contributed by atoms with E-state index in [0.717, 1.165) is 22.7 Å². The van der Waals surface area contributed by atoms with Crippen molar-refractivity contribution in [3.63, 3.8) is 0 Å². The highest BCUT2D eigenvalue weighted by atomic mass is 32.2. The Kier molecular flexibility index (Phi) is 5.58. The molecule has 1 aromatic carbocycles. The molecule has 0 saturated carbocycles. The third-order valence-electron chi connectivity index (χ3n) is 3.89. The van der Waals surface area contributed by atoms with Gasteiger partial charge in [0.05, 0.1) is 12.0 Å². The van der Waals surface area contributed by atoms with E-state index in [9.17, 15) is 13.2 Å². The second-order valence-corrected chi connectivity index (χ2v) is 7.46. The molecule has 0 aromatic heterocycles. The zero-order chi connectivity index (χ0) is 16.2. The Morgan fingerprint density at radius 3 is 2.50 bits per heavy atom. The Morgan fingerprint density at radius 1 is 1.23 bits per heavy atom. The lowest BCUT2D eigenvalue weighted by molar-refractivity contribution is -0.140. The standard InChI is InChI=1S/C16H23NO4S/c1-3-4-5-6-7-13-8-10-14(11-9-13)22(19,20)17-12-15(17)16(18)21-2/h8-11,15H,3-7,12H2,1-2H3. The van der Waals surface area contributed by atoms with Gasteiger partial charge >= 0.3 is 5.97 Å². The van der Waals surface area contributed by atoms with Gasteiger partial charge in [0.25, 0.3) is 0 Å². The molecule has 1 aromatic rings. The van der Waals surface area contributed by atoms with Crippen LogP contribution in [0, 0.1) is 0 Å². The molecule has 5 nitrogen and oxygen atoms in total. The molecule has 1 heterocycles. The fourth-order valence-electron chi connectivity index (χ4n) is 2.44. The molecule has 1 saturated heterocycles. The van der Waals surface area contributed by atoms with Crippen LogP contribution in [0.4, 0.5) is 0 Å². The molecule has 6 heteroatoms. The molecule has 0 radical (unpaired) electrons. The smallest absolute Gasteiger partial charge is 0.325 e. The number of sulfonamides is 1. The maximum atomic E-state index is 12.4. The lowest BCUT2D eigenvalue weighted by Gasteiger charge is -2.07. The molecule has 2 atom stereocenters. The molecule has 1 fully saturated rings. The molecule has 0 amide bonds. The number of esters is 1. The maximum absolute atomic E-state index is 12.4. The van der Waals surface area contributed by atoms with Crippen LogP contribution in [-0.4, -0.2) is 38.4 Å². The summed E-state index contributed by atoms with van der Waals surface area (Å²) >= 11 is 0. The fourth-order valence-corrected chi connectivity index (χ4v) is 3.95. The first-order valence-corrected chi connectivity index (χ1v) is 9.13. The summed E-state index contributed by atoms with van der Waals surface area (Å²) in [7, 11) is -2.32. The van der Waals surface area contributed by atoms with Crippen molar-refractivity contribution < 1.29 is 17.9 Å². The Hall–Kier alpha value is -1.40. The van der Waals surface area contributed by atoms with Crippen LogP contribution in [0.25, 0.3) is 0 Å². The average molecular weight is 325 g/mol. The van der Waals surface area contributed by atoms with Crippen LogP contribution in [0.1, 0.15) is 38.2 Å². The van der Waals surface area contributed by atoms with Gasteiger partial charge in [0.1, 0.15) is 6.04 Å². The van der Waals surface area contributed by atoms with Crippen molar-refractivity contribution in [2.45, 2.75) is 50.0 Å². The van der Waals surface area contributed by atoms with Crippen molar-refractivity contribution in [2.75, 3.05) is 13.7 Å². The van der Waals surface area contributed by atoms with Gasteiger partial charge in [-0.05, 0) is 30.5 Å². The Bertz CT molecular complexity index is 610. The Balaban J connectivity index is 1.97. The van der Waals surface area contributed by atoms with E-state index >= 15 is 0 Å². The Labute approximate surface area is 132 Å². The van der Waals surface area contributed by atoms with Crippen molar-refractivity contribution in [3.05, 3.63) is 29.8 Å². The summed E-state index contributed by atoms with van der Waals surface area (Å²) < 4.78 is 30.4. The van der Waals surface area contributed by atoms with Crippen molar-refractivity contribution in [1.29, 1.82) is 0 Å². The zero-order valence-electron chi connectivity index (χ0n) is 13.1. The molecule has 122 valence electrons. The van der Waals surface area contributed by atoms with E-state index in [1.807, 2.05) is 12.1 Å². The van der Waals surface area contributed by atoms with Gasteiger partial charge in [-0.25, -0.2) is 8.42 Å². The van der Waals surface area contributed by atoms with Crippen LogP contribution in [-0.2, 0) is 26.0 Å². The van der Waals surface area contributed by atoms with Gasteiger partial charge in [-0.2, -0.15) is 4.31 Å². The molecule has 0 N–H and O–H groups in total. The second kappa shape index (κ2) is 7.24. The van der Waals surface area contributed by atoms with Gasteiger partial charge in [0, 0.05) is 6.54 Å². The monoisotopic (exact) mass is 325 g/mol. The number of carbonyl (C=O) groups is 1. The lowest BCUT2D eigenvalue weighted by atomic mass is 10.1. The summed E-state index contributed by atoms with van der Waals surface area (Å²) in [6.07, 6.45) is 5.72. The lowest BCUT2D eigenvalue weighted by Crippen LogP contribution is -2.20. The average Bonchev–Trinajstić information content (AvgIpc) is 3.32. The van der Waals surface area contributed by atoms with E-state index in [1.165, 1.54) is 26.4 Å². The first kappa shape index (κ1) is 17.0. The summed E-state index contributed by atoms with van der Waals surface area (Å²) in [4.78, 5) is 11.6. The summed E-state index contributed by atoms with van der Waals surface area (Å²) in [6, 6.07) is 6.29. The normalized spacial score (nSPS) is 20.6. The highest BCUT2D eigenvalue weighted by Gasteiger charge is 2.50. The molecule has 0 aliphatic carbocycles. The minimum Gasteiger partial charge on any atom is -0.468 e. The minimum atomic E-state index is -3.58. The van der Waals surface area contributed by atoms with Crippen LogP contribution in [0.3, 0.4) is 0 Å². The second-order valence-electron chi connectivity index (χ2n) is 5.57.